The molecule has 0 saturated heterocycles. The van der Waals surface area contributed by atoms with E-state index in [1.54, 1.807) is 11.8 Å². The second-order valence-corrected chi connectivity index (χ2v) is 6.04. The number of aromatic nitrogens is 1. The molecular formula is C11H21N3S2. The lowest BCUT2D eigenvalue weighted by atomic mass is 10.0. The Balaban J connectivity index is 2.52. The average molecular weight is 259 g/mol. The predicted octanol–water partition coefficient (Wildman–Crippen LogP) is 3.68. The molecule has 92 valence electrons. The number of anilines is 2. The number of rotatable bonds is 6. The van der Waals surface area contributed by atoms with Crippen LogP contribution in [0.15, 0.2) is 4.90 Å². The summed E-state index contributed by atoms with van der Waals surface area (Å²) in [4.78, 5) is 1.08. The predicted molar refractivity (Wildman–Crippen MR) is 75.5 cm³/mol. The minimum Gasteiger partial charge on any atom is -0.382 e. The third-order valence-corrected chi connectivity index (χ3v) is 4.18. The molecule has 0 aliphatic rings. The minimum absolute atomic E-state index is 0.480. The number of nitrogen functional groups attached to an aromatic ring is 1. The Hall–Kier alpha value is -0.420. The van der Waals surface area contributed by atoms with Crippen molar-refractivity contribution in [3.63, 3.8) is 0 Å². The van der Waals surface area contributed by atoms with Crippen molar-refractivity contribution in [1.82, 2.24) is 4.37 Å². The van der Waals surface area contributed by atoms with Gasteiger partial charge in [0.05, 0.1) is 4.90 Å². The van der Waals surface area contributed by atoms with Gasteiger partial charge in [0, 0.05) is 6.04 Å². The summed E-state index contributed by atoms with van der Waals surface area (Å²) >= 11 is 3.11. The molecule has 3 nitrogen and oxygen atoms in total. The lowest BCUT2D eigenvalue weighted by Crippen LogP contribution is -2.15. The Bertz CT molecular complexity index is 323. The fourth-order valence-corrected chi connectivity index (χ4v) is 3.10. The van der Waals surface area contributed by atoms with E-state index in [-0.39, 0.29) is 0 Å². The van der Waals surface area contributed by atoms with E-state index >= 15 is 0 Å². The van der Waals surface area contributed by atoms with E-state index in [4.69, 9.17) is 5.73 Å². The summed E-state index contributed by atoms with van der Waals surface area (Å²) in [5.74, 6) is 1.41. The van der Waals surface area contributed by atoms with Crippen molar-refractivity contribution in [2.45, 2.75) is 44.6 Å². The first-order valence-corrected chi connectivity index (χ1v) is 7.60. The van der Waals surface area contributed by atoms with Gasteiger partial charge in [-0.05, 0) is 43.5 Å². The van der Waals surface area contributed by atoms with Crippen LogP contribution in [0, 0.1) is 5.92 Å². The third-order valence-electron chi connectivity index (χ3n) is 2.43. The molecule has 1 aromatic heterocycles. The van der Waals surface area contributed by atoms with Crippen molar-refractivity contribution in [3.8, 4) is 0 Å². The van der Waals surface area contributed by atoms with Gasteiger partial charge >= 0.3 is 0 Å². The summed E-state index contributed by atoms with van der Waals surface area (Å²) in [5.41, 5.74) is 5.79. The Morgan fingerprint density at radius 3 is 2.62 bits per heavy atom. The first-order chi connectivity index (χ1) is 7.54. The Morgan fingerprint density at radius 1 is 1.38 bits per heavy atom. The molecule has 0 spiro atoms. The van der Waals surface area contributed by atoms with Gasteiger partial charge in [0.15, 0.2) is 5.82 Å². The summed E-state index contributed by atoms with van der Waals surface area (Å²) in [6, 6.07) is 0.480. The number of thioether (sulfide) groups is 1. The highest BCUT2D eigenvalue weighted by molar-refractivity contribution is 7.99. The second kappa shape index (κ2) is 6.35. The fourth-order valence-electron chi connectivity index (χ4n) is 1.46. The monoisotopic (exact) mass is 259 g/mol. The summed E-state index contributed by atoms with van der Waals surface area (Å²) in [5, 5.41) is 4.61. The van der Waals surface area contributed by atoms with E-state index in [1.165, 1.54) is 24.4 Å². The molecular weight excluding hydrogens is 238 g/mol. The molecule has 1 heterocycles. The van der Waals surface area contributed by atoms with E-state index in [2.05, 4.69) is 30.5 Å². The van der Waals surface area contributed by atoms with Gasteiger partial charge in [-0.3, -0.25) is 0 Å². The molecule has 0 saturated carbocycles. The van der Waals surface area contributed by atoms with Crippen molar-refractivity contribution >= 4 is 34.1 Å². The van der Waals surface area contributed by atoms with Crippen LogP contribution < -0.4 is 11.1 Å². The average Bonchev–Trinajstić information content (AvgIpc) is 2.56. The van der Waals surface area contributed by atoms with Crippen LogP contribution in [0.5, 0.6) is 0 Å². The lowest BCUT2D eigenvalue weighted by molar-refractivity contribution is 0.528. The van der Waals surface area contributed by atoms with Gasteiger partial charge in [-0.1, -0.05) is 13.8 Å². The van der Waals surface area contributed by atoms with Gasteiger partial charge in [-0.15, -0.1) is 11.8 Å². The highest BCUT2D eigenvalue weighted by atomic mass is 32.2. The maximum Gasteiger partial charge on any atom is 0.153 e. The van der Waals surface area contributed by atoms with Crippen molar-refractivity contribution < 1.29 is 0 Å². The van der Waals surface area contributed by atoms with Crippen LogP contribution in [-0.4, -0.2) is 16.7 Å². The summed E-state index contributed by atoms with van der Waals surface area (Å²) in [6.45, 7) is 6.72. The zero-order valence-electron chi connectivity index (χ0n) is 10.4. The number of nitrogens with two attached hydrogens (primary N) is 1. The summed E-state index contributed by atoms with van der Waals surface area (Å²) < 4.78 is 4.17. The largest absolute Gasteiger partial charge is 0.382 e. The van der Waals surface area contributed by atoms with E-state index in [0.717, 1.165) is 15.8 Å². The molecule has 1 atom stereocenters. The zero-order valence-corrected chi connectivity index (χ0v) is 12.0. The smallest absolute Gasteiger partial charge is 0.153 e. The van der Waals surface area contributed by atoms with Crippen molar-refractivity contribution in [3.05, 3.63) is 0 Å². The van der Waals surface area contributed by atoms with Crippen molar-refractivity contribution in [2.24, 2.45) is 5.92 Å². The summed E-state index contributed by atoms with van der Waals surface area (Å²) in [7, 11) is 0. The van der Waals surface area contributed by atoms with E-state index in [9.17, 15) is 0 Å². The number of hydrogen-bond donors (Lipinski definition) is 2. The van der Waals surface area contributed by atoms with Crippen molar-refractivity contribution in [1.29, 1.82) is 0 Å². The maximum absolute atomic E-state index is 5.79. The number of nitrogens with one attached hydrogen (secondary N) is 1. The SMILES string of the molecule is CSc1c(N)nsc1NC(C)CCC(C)C. The maximum atomic E-state index is 5.79. The van der Waals surface area contributed by atoms with Gasteiger partial charge in [0.1, 0.15) is 5.00 Å². The zero-order chi connectivity index (χ0) is 12.1. The van der Waals surface area contributed by atoms with Crippen LogP contribution in [0.1, 0.15) is 33.6 Å². The first-order valence-electron chi connectivity index (χ1n) is 5.60. The third kappa shape index (κ3) is 3.87. The molecule has 0 bridgehead atoms. The van der Waals surface area contributed by atoms with Gasteiger partial charge in [-0.25, -0.2) is 0 Å². The van der Waals surface area contributed by atoms with Gasteiger partial charge < -0.3 is 11.1 Å². The lowest BCUT2D eigenvalue weighted by Gasteiger charge is -2.15. The van der Waals surface area contributed by atoms with Gasteiger partial charge in [0.25, 0.3) is 0 Å². The topological polar surface area (TPSA) is 50.9 Å². The Kier molecular flexibility index (Phi) is 5.41. The highest BCUT2D eigenvalue weighted by Gasteiger charge is 2.12. The Morgan fingerprint density at radius 2 is 2.06 bits per heavy atom. The molecule has 3 N–H and O–H groups in total. The summed E-state index contributed by atoms with van der Waals surface area (Å²) in [6.07, 6.45) is 4.46. The van der Waals surface area contributed by atoms with Gasteiger partial charge in [0.2, 0.25) is 0 Å². The molecule has 16 heavy (non-hydrogen) atoms. The molecule has 0 fully saturated rings. The molecule has 0 aromatic carbocycles. The van der Waals surface area contributed by atoms with Crippen molar-refractivity contribution in [2.75, 3.05) is 17.3 Å². The molecule has 0 aliphatic heterocycles. The Labute approximate surface area is 106 Å². The molecule has 1 unspecified atom stereocenters. The molecule has 0 aliphatic carbocycles. The van der Waals surface area contributed by atoms with Crippen LogP contribution in [0.2, 0.25) is 0 Å². The molecule has 0 radical (unpaired) electrons. The molecule has 1 aromatic rings. The highest BCUT2D eigenvalue weighted by Crippen LogP contribution is 2.35. The van der Waals surface area contributed by atoms with Crippen LogP contribution >= 0.6 is 23.3 Å². The molecule has 0 amide bonds. The van der Waals surface area contributed by atoms with Gasteiger partial charge in [-0.2, -0.15) is 4.37 Å². The second-order valence-electron chi connectivity index (χ2n) is 4.45. The number of hydrogen-bond acceptors (Lipinski definition) is 5. The van der Waals surface area contributed by atoms with Crippen LogP contribution in [0.3, 0.4) is 0 Å². The van der Waals surface area contributed by atoms with Crippen LogP contribution in [-0.2, 0) is 0 Å². The van der Waals surface area contributed by atoms with E-state index in [0.29, 0.717) is 11.9 Å². The molecule has 1 rings (SSSR count). The quantitative estimate of drug-likeness (QED) is 0.765. The molecule has 5 heteroatoms. The van der Waals surface area contributed by atoms with E-state index in [1.807, 2.05) is 6.26 Å². The fraction of sp³-hybridized carbons (Fsp3) is 0.727. The van der Waals surface area contributed by atoms with Crippen LogP contribution in [0.25, 0.3) is 0 Å². The normalized spacial score (nSPS) is 13.1. The number of nitrogens with zero attached hydrogens (tertiary/aromatic N) is 1. The van der Waals surface area contributed by atoms with Crippen LogP contribution in [0.4, 0.5) is 10.8 Å². The minimum atomic E-state index is 0.480. The van der Waals surface area contributed by atoms with E-state index < -0.39 is 0 Å². The first kappa shape index (κ1) is 13.6. The standard InChI is InChI=1S/C11H21N3S2/c1-7(2)5-6-8(3)13-11-9(15-4)10(12)14-16-11/h7-8,13H,5-6H2,1-4H3,(H2,12,14).